The third kappa shape index (κ3) is 7.22. The molecule has 2 N–H and O–H groups in total. The molecular formula is C17H28IN3S. The maximum Gasteiger partial charge on any atom is 0.191 e. The van der Waals surface area contributed by atoms with E-state index in [1.807, 2.05) is 0 Å². The summed E-state index contributed by atoms with van der Waals surface area (Å²) in [5.41, 5.74) is 2.69. The number of hydrogen-bond donors (Lipinski definition) is 2. The van der Waals surface area contributed by atoms with Gasteiger partial charge in [0.2, 0.25) is 0 Å². The van der Waals surface area contributed by atoms with Crippen molar-refractivity contribution in [1.82, 2.24) is 10.6 Å². The summed E-state index contributed by atoms with van der Waals surface area (Å²) >= 11 is 2.06. The number of aliphatic imine (C=N–C) groups is 1. The fourth-order valence-corrected chi connectivity index (χ4v) is 3.58. The summed E-state index contributed by atoms with van der Waals surface area (Å²) in [6.45, 7) is 7.01. The van der Waals surface area contributed by atoms with Crippen molar-refractivity contribution in [2.24, 2.45) is 4.99 Å². The average Bonchev–Trinajstić information content (AvgIpc) is 3.00. The average molecular weight is 433 g/mol. The molecule has 0 bridgehead atoms. The minimum Gasteiger partial charge on any atom is -0.357 e. The van der Waals surface area contributed by atoms with Crippen molar-refractivity contribution in [3.63, 3.8) is 0 Å². The van der Waals surface area contributed by atoms with Crippen LogP contribution in [0.4, 0.5) is 0 Å². The number of halogens is 1. The molecule has 0 radical (unpaired) electrons. The van der Waals surface area contributed by atoms with Crippen LogP contribution in [0, 0.1) is 6.92 Å². The lowest BCUT2D eigenvalue weighted by Crippen LogP contribution is -2.38. The first-order chi connectivity index (χ1) is 10.3. The van der Waals surface area contributed by atoms with Crippen LogP contribution in [0.1, 0.15) is 30.9 Å². The van der Waals surface area contributed by atoms with E-state index >= 15 is 0 Å². The van der Waals surface area contributed by atoms with E-state index in [1.165, 1.54) is 29.7 Å². The van der Waals surface area contributed by atoms with Gasteiger partial charge in [0.05, 0.1) is 6.54 Å². The van der Waals surface area contributed by atoms with Gasteiger partial charge in [-0.3, -0.25) is 4.99 Å². The van der Waals surface area contributed by atoms with Gasteiger partial charge < -0.3 is 10.6 Å². The first kappa shape index (κ1) is 19.6. The molecule has 1 saturated heterocycles. The predicted molar refractivity (Wildman–Crippen MR) is 110 cm³/mol. The third-order valence-electron chi connectivity index (χ3n) is 3.65. The molecule has 1 aromatic rings. The highest BCUT2D eigenvalue weighted by Gasteiger charge is 2.14. The van der Waals surface area contributed by atoms with Crippen molar-refractivity contribution >= 4 is 41.7 Å². The van der Waals surface area contributed by atoms with Crippen LogP contribution in [0.3, 0.4) is 0 Å². The highest BCUT2D eigenvalue weighted by Crippen LogP contribution is 2.25. The van der Waals surface area contributed by atoms with Gasteiger partial charge >= 0.3 is 0 Å². The number of nitrogens with zero attached hydrogens (tertiary/aromatic N) is 1. The number of aryl methyl sites for hydroxylation is 1. The summed E-state index contributed by atoms with van der Waals surface area (Å²) in [4.78, 5) is 4.71. The van der Waals surface area contributed by atoms with E-state index in [-0.39, 0.29) is 24.0 Å². The van der Waals surface area contributed by atoms with E-state index in [1.54, 1.807) is 0 Å². The molecule has 1 heterocycles. The molecular weight excluding hydrogens is 405 g/mol. The summed E-state index contributed by atoms with van der Waals surface area (Å²) < 4.78 is 0. The summed E-state index contributed by atoms with van der Waals surface area (Å²) in [5, 5.41) is 7.49. The summed E-state index contributed by atoms with van der Waals surface area (Å²) in [6, 6.07) is 8.75. The van der Waals surface area contributed by atoms with Crippen LogP contribution in [0.2, 0.25) is 0 Å². The van der Waals surface area contributed by atoms with Gasteiger partial charge in [-0.25, -0.2) is 0 Å². The Morgan fingerprint density at radius 2 is 2.05 bits per heavy atom. The van der Waals surface area contributed by atoms with E-state index < -0.39 is 0 Å². The Balaban J connectivity index is 0.00000242. The zero-order valence-corrected chi connectivity index (χ0v) is 16.7. The molecule has 1 aliphatic heterocycles. The Morgan fingerprint density at radius 1 is 1.27 bits per heavy atom. The van der Waals surface area contributed by atoms with E-state index in [0.29, 0.717) is 0 Å². The first-order valence-corrected chi connectivity index (χ1v) is 9.02. The fourth-order valence-electron chi connectivity index (χ4n) is 2.40. The molecule has 3 nitrogen and oxygen atoms in total. The number of rotatable bonds is 6. The molecule has 5 heteroatoms. The number of nitrogens with one attached hydrogen (secondary N) is 2. The van der Waals surface area contributed by atoms with Crippen molar-refractivity contribution < 1.29 is 0 Å². The van der Waals surface area contributed by atoms with Crippen LogP contribution in [0.5, 0.6) is 0 Å². The van der Waals surface area contributed by atoms with Crippen molar-refractivity contribution in [3.8, 4) is 0 Å². The smallest absolute Gasteiger partial charge is 0.191 e. The van der Waals surface area contributed by atoms with Gasteiger partial charge in [-0.1, -0.05) is 29.8 Å². The maximum absolute atomic E-state index is 4.71. The van der Waals surface area contributed by atoms with Crippen LogP contribution in [0.25, 0.3) is 0 Å². The molecule has 0 spiro atoms. The highest BCUT2D eigenvalue weighted by molar-refractivity contribution is 14.0. The second-order valence-corrected chi connectivity index (χ2v) is 6.93. The normalized spacial score (nSPS) is 17.9. The van der Waals surface area contributed by atoms with Gasteiger partial charge in [-0.05, 0) is 44.4 Å². The Hall–Kier alpha value is -0.430. The molecule has 0 aromatic heterocycles. The molecule has 1 unspecified atom stereocenters. The fraction of sp³-hybridized carbons (Fsp3) is 0.588. The molecule has 1 aliphatic rings. The monoisotopic (exact) mass is 433 g/mol. The van der Waals surface area contributed by atoms with Crippen molar-refractivity contribution in [3.05, 3.63) is 35.4 Å². The van der Waals surface area contributed by atoms with E-state index in [9.17, 15) is 0 Å². The maximum atomic E-state index is 4.71. The van der Waals surface area contributed by atoms with Gasteiger partial charge in [0.25, 0.3) is 0 Å². The van der Waals surface area contributed by atoms with Crippen molar-refractivity contribution in [2.75, 3.05) is 25.4 Å². The summed E-state index contributed by atoms with van der Waals surface area (Å²) in [5.74, 6) is 2.26. The minimum absolute atomic E-state index is 0. The van der Waals surface area contributed by atoms with Crippen LogP contribution >= 0.6 is 35.7 Å². The number of thioether (sulfide) groups is 1. The molecule has 1 fully saturated rings. The largest absolute Gasteiger partial charge is 0.357 e. The Morgan fingerprint density at radius 3 is 2.68 bits per heavy atom. The summed E-state index contributed by atoms with van der Waals surface area (Å²) in [6.07, 6.45) is 3.70. The molecule has 22 heavy (non-hydrogen) atoms. The van der Waals surface area contributed by atoms with Crippen LogP contribution in [-0.4, -0.2) is 36.6 Å². The van der Waals surface area contributed by atoms with Gasteiger partial charge in [-0.2, -0.15) is 11.8 Å². The van der Waals surface area contributed by atoms with E-state index in [0.717, 1.165) is 37.3 Å². The van der Waals surface area contributed by atoms with Crippen LogP contribution < -0.4 is 10.6 Å². The molecule has 1 atom stereocenters. The zero-order valence-electron chi connectivity index (χ0n) is 13.6. The molecule has 124 valence electrons. The molecule has 2 rings (SSSR count). The Labute approximate surface area is 156 Å². The molecule has 1 aromatic carbocycles. The third-order valence-corrected chi connectivity index (χ3v) is 5.03. The zero-order chi connectivity index (χ0) is 14.9. The predicted octanol–water partition coefficient (Wildman–Crippen LogP) is 3.61. The SMILES string of the molecule is CCNC(=NCC1CCCS1)NCCc1ccc(C)cc1.I. The summed E-state index contributed by atoms with van der Waals surface area (Å²) in [7, 11) is 0. The molecule has 0 saturated carbocycles. The van der Waals surface area contributed by atoms with Crippen molar-refractivity contribution in [2.45, 2.75) is 38.4 Å². The molecule has 0 amide bonds. The Kier molecular flexibility index (Phi) is 9.95. The van der Waals surface area contributed by atoms with Crippen molar-refractivity contribution in [1.29, 1.82) is 0 Å². The second-order valence-electron chi connectivity index (χ2n) is 5.52. The Bertz CT molecular complexity index is 442. The lowest BCUT2D eigenvalue weighted by atomic mass is 10.1. The van der Waals surface area contributed by atoms with Gasteiger partial charge in [0, 0.05) is 18.3 Å². The molecule has 0 aliphatic carbocycles. The van der Waals surface area contributed by atoms with Gasteiger partial charge in [0.15, 0.2) is 5.96 Å². The standard InChI is InChI=1S/C17H27N3S.HI/c1-3-18-17(20-13-16-5-4-12-21-16)19-11-10-15-8-6-14(2)7-9-15;/h6-9,16H,3-5,10-13H2,1-2H3,(H2,18,19,20);1H. The number of hydrogen-bond acceptors (Lipinski definition) is 2. The number of benzene rings is 1. The first-order valence-electron chi connectivity index (χ1n) is 7.97. The van der Waals surface area contributed by atoms with Crippen LogP contribution in [-0.2, 0) is 6.42 Å². The van der Waals surface area contributed by atoms with E-state index in [2.05, 4.69) is 60.5 Å². The lowest BCUT2D eigenvalue weighted by molar-refractivity contribution is 0.761. The van der Waals surface area contributed by atoms with Gasteiger partial charge in [-0.15, -0.1) is 24.0 Å². The minimum atomic E-state index is 0. The second kappa shape index (κ2) is 11.2. The number of guanidine groups is 1. The van der Waals surface area contributed by atoms with Gasteiger partial charge in [0.1, 0.15) is 0 Å². The lowest BCUT2D eigenvalue weighted by Gasteiger charge is -2.12. The topological polar surface area (TPSA) is 36.4 Å². The quantitative estimate of drug-likeness (QED) is 0.409. The van der Waals surface area contributed by atoms with Crippen LogP contribution in [0.15, 0.2) is 29.3 Å². The highest BCUT2D eigenvalue weighted by atomic mass is 127. The van der Waals surface area contributed by atoms with E-state index in [4.69, 9.17) is 4.99 Å².